The summed E-state index contributed by atoms with van der Waals surface area (Å²) in [5, 5.41) is 0. The minimum Gasteiger partial charge on any atom is -0.395 e. The second-order valence-electron chi connectivity index (χ2n) is 8.62. The molecule has 164 valence electrons. The van der Waals surface area contributed by atoms with E-state index in [2.05, 4.69) is 48.5 Å². The van der Waals surface area contributed by atoms with Gasteiger partial charge in [-0.25, -0.2) is 10.8 Å². The van der Waals surface area contributed by atoms with Crippen LogP contribution in [0.2, 0.25) is 0 Å². The van der Waals surface area contributed by atoms with Crippen LogP contribution in [0.3, 0.4) is 0 Å². The fourth-order valence-electron chi connectivity index (χ4n) is 4.33. The zero-order valence-corrected chi connectivity index (χ0v) is 18.4. The Labute approximate surface area is 185 Å². The molecule has 1 aliphatic carbocycles. The molecular weight excluding hydrogens is 384 g/mol. The Hall–Kier alpha value is -3.09. The third kappa shape index (κ3) is 5.16. The summed E-state index contributed by atoms with van der Waals surface area (Å²) in [6.45, 7) is 5.21. The highest BCUT2D eigenvalue weighted by molar-refractivity contribution is 5.70. The highest BCUT2D eigenvalue weighted by Gasteiger charge is 2.28. The standard InChI is InChI=1S/C14H20N6.C11H14/c15-7-6-10(9-4-2-1-3-5-9)11-8-12(16)19-14(20-18)13(11)17;1-11(2)8-7-9-5-3-4-6-10(9)11/h1-5,8,10H,6-7,15,17-18H2,(H3,16,19,20);3-6H,7-8H2,1-2H3. The summed E-state index contributed by atoms with van der Waals surface area (Å²) in [6, 6.07) is 20.6. The number of nitrogen functional groups attached to an aromatic ring is 3. The predicted molar refractivity (Wildman–Crippen MR) is 131 cm³/mol. The summed E-state index contributed by atoms with van der Waals surface area (Å²) >= 11 is 0. The number of nitrogens with two attached hydrogens (primary N) is 4. The minimum atomic E-state index is 0.0681. The summed E-state index contributed by atoms with van der Waals surface area (Å²) in [7, 11) is 0. The summed E-state index contributed by atoms with van der Waals surface area (Å²) in [6.07, 6.45) is 3.34. The summed E-state index contributed by atoms with van der Waals surface area (Å²) in [5.74, 6) is 6.26. The summed E-state index contributed by atoms with van der Waals surface area (Å²) < 4.78 is 0. The molecule has 4 rings (SSSR count). The van der Waals surface area contributed by atoms with Crippen LogP contribution in [0.5, 0.6) is 0 Å². The van der Waals surface area contributed by atoms with Crippen molar-refractivity contribution in [1.29, 1.82) is 0 Å². The van der Waals surface area contributed by atoms with E-state index in [9.17, 15) is 0 Å². The Morgan fingerprint density at radius 3 is 2.35 bits per heavy atom. The Kier molecular flexibility index (Phi) is 7.15. The molecule has 0 amide bonds. The summed E-state index contributed by atoms with van der Waals surface area (Å²) in [4.78, 5) is 4.07. The molecule has 9 N–H and O–H groups in total. The molecular formula is C25H34N6. The van der Waals surface area contributed by atoms with Crippen molar-refractivity contribution in [2.75, 3.05) is 23.4 Å². The molecule has 1 atom stereocenters. The average molecular weight is 419 g/mol. The van der Waals surface area contributed by atoms with Gasteiger partial charge in [-0.2, -0.15) is 0 Å². The van der Waals surface area contributed by atoms with Crippen LogP contribution in [0.25, 0.3) is 0 Å². The van der Waals surface area contributed by atoms with Gasteiger partial charge in [0, 0.05) is 5.92 Å². The van der Waals surface area contributed by atoms with Crippen LogP contribution in [-0.4, -0.2) is 11.5 Å². The first-order valence-electron chi connectivity index (χ1n) is 10.7. The molecule has 3 aromatic rings. The maximum absolute atomic E-state index is 6.13. The van der Waals surface area contributed by atoms with E-state index >= 15 is 0 Å². The Morgan fingerprint density at radius 1 is 1.03 bits per heavy atom. The maximum Gasteiger partial charge on any atom is 0.165 e. The van der Waals surface area contributed by atoms with Gasteiger partial charge in [0.1, 0.15) is 5.82 Å². The Morgan fingerprint density at radius 2 is 1.71 bits per heavy atom. The van der Waals surface area contributed by atoms with Crippen molar-refractivity contribution in [3.05, 3.63) is 82.9 Å². The third-order valence-corrected chi connectivity index (χ3v) is 6.05. The molecule has 0 fully saturated rings. The zero-order chi connectivity index (χ0) is 22.4. The quantitative estimate of drug-likeness (QED) is 0.315. The molecule has 1 unspecified atom stereocenters. The second kappa shape index (κ2) is 9.81. The van der Waals surface area contributed by atoms with Crippen LogP contribution in [0.4, 0.5) is 17.3 Å². The SMILES string of the molecule is CC1(C)CCc2ccccc21.NCCC(c1ccccc1)c1cc(N)nc(NN)c1N. The summed E-state index contributed by atoms with van der Waals surface area (Å²) in [5.41, 5.74) is 26.2. The molecule has 1 aromatic heterocycles. The normalized spacial score (nSPS) is 14.8. The van der Waals surface area contributed by atoms with Crippen LogP contribution in [0.15, 0.2) is 60.7 Å². The number of hydrogen-bond acceptors (Lipinski definition) is 6. The van der Waals surface area contributed by atoms with Crippen LogP contribution < -0.4 is 28.5 Å². The van der Waals surface area contributed by atoms with E-state index in [-0.39, 0.29) is 5.92 Å². The molecule has 6 heteroatoms. The van der Waals surface area contributed by atoms with Gasteiger partial charge in [0.05, 0.1) is 5.69 Å². The minimum absolute atomic E-state index is 0.0681. The molecule has 0 saturated heterocycles. The molecule has 6 nitrogen and oxygen atoms in total. The van der Waals surface area contributed by atoms with E-state index in [1.165, 1.54) is 12.8 Å². The molecule has 2 aromatic carbocycles. The first-order valence-corrected chi connectivity index (χ1v) is 10.7. The average Bonchev–Trinajstić information content (AvgIpc) is 3.09. The Bertz CT molecular complexity index is 1000. The van der Waals surface area contributed by atoms with Gasteiger partial charge in [-0.1, -0.05) is 68.4 Å². The van der Waals surface area contributed by atoms with E-state index in [4.69, 9.17) is 23.0 Å². The molecule has 31 heavy (non-hydrogen) atoms. The molecule has 0 spiro atoms. The first-order chi connectivity index (χ1) is 14.9. The number of aromatic nitrogens is 1. The van der Waals surface area contributed by atoms with Gasteiger partial charge >= 0.3 is 0 Å². The number of hydrogen-bond donors (Lipinski definition) is 5. The van der Waals surface area contributed by atoms with Crippen molar-refractivity contribution >= 4 is 17.3 Å². The van der Waals surface area contributed by atoms with Crippen LogP contribution in [-0.2, 0) is 11.8 Å². The van der Waals surface area contributed by atoms with Crippen molar-refractivity contribution < 1.29 is 0 Å². The topological polar surface area (TPSA) is 129 Å². The smallest absolute Gasteiger partial charge is 0.165 e. The van der Waals surface area contributed by atoms with Gasteiger partial charge in [-0.3, -0.25) is 0 Å². The molecule has 1 aliphatic rings. The molecule has 0 radical (unpaired) electrons. The lowest BCUT2D eigenvalue weighted by molar-refractivity contribution is 0.522. The number of aryl methyl sites for hydroxylation is 1. The van der Waals surface area contributed by atoms with E-state index < -0.39 is 0 Å². The van der Waals surface area contributed by atoms with E-state index in [0.717, 1.165) is 17.5 Å². The van der Waals surface area contributed by atoms with Crippen molar-refractivity contribution in [3.63, 3.8) is 0 Å². The monoisotopic (exact) mass is 418 g/mol. The van der Waals surface area contributed by atoms with E-state index in [1.54, 1.807) is 17.2 Å². The maximum atomic E-state index is 6.13. The number of anilines is 3. The number of rotatable bonds is 5. The number of pyridine rings is 1. The molecule has 0 bridgehead atoms. The lowest BCUT2D eigenvalue weighted by atomic mass is 9.87. The number of hydrazine groups is 1. The van der Waals surface area contributed by atoms with Gasteiger partial charge < -0.3 is 22.6 Å². The number of fused-ring (bicyclic) bond motifs is 1. The Balaban J connectivity index is 0.000000207. The van der Waals surface area contributed by atoms with Gasteiger partial charge in [-0.15, -0.1) is 0 Å². The lowest BCUT2D eigenvalue weighted by Crippen LogP contribution is -2.16. The number of benzene rings is 2. The molecule has 0 aliphatic heterocycles. The number of nitrogens with zero attached hydrogens (tertiary/aromatic N) is 1. The van der Waals surface area contributed by atoms with Crippen molar-refractivity contribution in [1.82, 2.24) is 4.98 Å². The highest BCUT2D eigenvalue weighted by atomic mass is 15.3. The van der Waals surface area contributed by atoms with E-state index in [0.29, 0.717) is 29.3 Å². The zero-order valence-electron chi connectivity index (χ0n) is 18.4. The third-order valence-electron chi connectivity index (χ3n) is 6.05. The van der Waals surface area contributed by atoms with Crippen molar-refractivity contribution in [2.24, 2.45) is 11.6 Å². The van der Waals surface area contributed by atoms with Crippen LogP contribution >= 0.6 is 0 Å². The van der Waals surface area contributed by atoms with Crippen molar-refractivity contribution in [2.45, 2.75) is 44.4 Å². The van der Waals surface area contributed by atoms with Crippen LogP contribution in [0.1, 0.15) is 54.9 Å². The second-order valence-corrected chi connectivity index (χ2v) is 8.62. The van der Waals surface area contributed by atoms with Gasteiger partial charge in [0.25, 0.3) is 0 Å². The van der Waals surface area contributed by atoms with Crippen LogP contribution in [0, 0.1) is 0 Å². The lowest BCUT2D eigenvalue weighted by Gasteiger charge is -2.20. The van der Waals surface area contributed by atoms with Crippen molar-refractivity contribution in [3.8, 4) is 0 Å². The van der Waals surface area contributed by atoms with Gasteiger partial charge in [-0.05, 0) is 59.5 Å². The molecule has 1 heterocycles. The highest BCUT2D eigenvalue weighted by Crippen LogP contribution is 2.37. The fourth-order valence-corrected chi connectivity index (χ4v) is 4.33. The predicted octanol–water partition coefficient (Wildman–Crippen LogP) is 3.92. The largest absolute Gasteiger partial charge is 0.395 e. The van der Waals surface area contributed by atoms with Gasteiger partial charge in [0.2, 0.25) is 0 Å². The number of nitrogens with one attached hydrogen (secondary N) is 1. The van der Waals surface area contributed by atoms with Gasteiger partial charge in [0.15, 0.2) is 5.82 Å². The first kappa shape index (κ1) is 22.6. The molecule has 0 saturated carbocycles. The fraction of sp³-hybridized carbons (Fsp3) is 0.320. The van der Waals surface area contributed by atoms with E-state index in [1.807, 2.05) is 30.3 Å².